The van der Waals surface area contributed by atoms with Gasteiger partial charge in [0.1, 0.15) is 5.75 Å². The topological polar surface area (TPSA) is 27.7 Å². The number of unbranched alkanes of at least 4 members (excludes halogenated alkanes) is 1. The Labute approximate surface area is 125 Å². The second-order valence-electron chi connectivity index (χ2n) is 5.00. The maximum Gasteiger partial charge on any atom is 0.200 e. The molecule has 1 heterocycles. The lowest BCUT2D eigenvalue weighted by molar-refractivity contribution is -0.186. The number of ether oxygens (including phenoxy) is 1. The van der Waals surface area contributed by atoms with E-state index < -0.39 is 0 Å². The Balaban J connectivity index is 1.95. The highest BCUT2D eigenvalue weighted by Gasteiger charge is 2.29. The third-order valence-electron chi connectivity index (χ3n) is 3.50. The molecule has 0 bridgehead atoms. The van der Waals surface area contributed by atoms with E-state index in [4.69, 9.17) is 14.5 Å². The lowest BCUT2D eigenvalue weighted by atomic mass is 9.90. The van der Waals surface area contributed by atoms with E-state index in [1.807, 2.05) is 36.4 Å². The first kappa shape index (κ1) is 14.0. The van der Waals surface area contributed by atoms with Crippen LogP contribution in [0.3, 0.4) is 0 Å². The number of hydrogen-bond donors (Lipinski definition) is 0. The van der Waals surface area contributed by atoms with Gasteiger partial charge >= 0.3 is 0 Å². The Hall–Kier alpha value is -2.00. The summed E-state index contributed by atoms with van der Waals surface area (Å²) in [7, 11) is 0. The van der Waals surface area contributed by atoms with E-state index in [9.17, 15) is 0 Å². The average molecular weight is 282 g/mol. The lowest BCUT2D eigenvalue weighted by Crippen LogP contribution is -2.15. The molecule has 0 aliphatic carbocycles. The molecule has 3 rings (SSSR count). The maximum atomic E-state index is 5.92. The van der Waals surface area contributed by atoms with Gasteiger partial charge in [-0.3, -0.25) is 0 Å². The van der Waals surface area contributed by atoms with Crippen LogP contribution in [-0.4, -0.2) is 6.61 Å². The molecule has 0 aromatic heterocycles. The summed E-state index contributed by atoms with van der Waals surface area (Å²) < 4.78 is 5.92. The third kappa shape index (κ3) is 3.03. The predicted octanol–water partition coefficient (Wildman–Crippen LogP) is 4.36. The molecule has 0 N–H and O–H groups in total. The van der Waals surface area contributed by atoms with Crippen molar-refractivity contribution in [2.24, 2.45) is 0 Å². The number of hydrogen-bond acceptors (Lipinski definition) is 3. The Morgan fingerprint density at radius 3 is 2.76 bits per heavy atom. The van der Waals surface area contributed by atoms with Crippen molar-refractivity contribution in [3.8, 4) is 11.5 Å². The molecule has 3 nitrogen and oxygen atoms in total. The normalized spacial score (nSPS) is 16.9. The largest absolute Gasteiger partial charge is 0.493 e. The van der Waals surface area contributed by atoms with E-state index in [1.54, 1.807) is 0 Å². The van der Waals surface area contributed by atoms with Crippen LogP contribution < -0.4 is 9.62 Å². The van der Waals surface area contributed by atoms with Crippen molar-refractivity contribution >= 4 is 0 Å². The molecule has 0 saturated carbocycles. The fourth-order valence-electron chi connectivity index (χ4n) is 2.39. The van der Waals surface area contributed by atoms with Crippen LogP contribution in [0, 0.1) is 6.61 Å². The minimum absolute atomic E-state index is 0.104. The molecule has 0 saturated heterocycles. The summed E-state index contributed by atoms with van der Waals surface area (Å²) in [5.74, 6) is 1.43. The predicted molar refractivity (Wildman–Crippen MR) is 80.1 cm³/mol. The molecule has 2 aromatic carbocycles. The standard InChI is InChI=1S/C18H18O3/c1-2-3-12-19-16-10-7-11-17-18(16)15(13-20-21-17)14-8-5-4-6-9-14/h4-11,15H,2-3,12H2,1H3. The van der Waals surface area contributed by atoms with Crippen molar-refractivity contribution in [3.63, 3.8) is 0 Å². The zero-order valence-electron chi connectivity index (χ0n) is 12.0. The Bertz CT molecular complexity index is 580. The molecule has 1 aliphatic heterocycles. The van der Waals surface area contributed by atoms with E-state index in [0.717, 1.165) is 29.7 Å². The van der Waals surface area contributed by atoms with E-state index in [-0.39, 0.29) is 5.92 Å². The van der Waals surface area contributed by atoms with Gasteiger partial charge in [0.15, 0.2) is 5.75 Å². The van der Waals surface area contributed by atoms with Gasteiger partial charge in [-0.05, 0) is 24.1 Å². The molecular formula is C18H18O3. The van der Waals surface area contributed by atoms with E-state index in [0.29, 0.717) is 12.4 Å². The Morgan fingerprint density at radius 1 is 1.10 bits per heavy atom. The van der Waals surface area contributed by atoms with Crippen molar-refractivity contribution in [1.29, 1.82) is 0 Å². The van der Waals surface area contributed by atoms with Crippen LogP contribution in [0.15, 0.2) is 48.5 Å². The van der Waals surface area contributed by atoms with E-state index in [1.165, 1.54) is 0 Å². The zero-order valence-corrected chi connectivity index (χ0v) is 12.0. The Morgan fingerprint density at radius 2 is 1.95 bits per heavy atom. The van der Waals surface area contributed by atoms with Crippen LogP contribution in [0.4, 0.5) is 0 Å². The molecule has 1 unspecified atom stereocenters. The second-order valence-corrected chi connectivity index (χ2v) is 5.00. The average Bonchev–Trinajstić information content (AvgIpc) is 2.55. The van der Waals surface area contributed by atoms with Gasteiger partial charge in [-0.2, -0.15) is 4.89 Å². The van der Waals surface area contributed by atoms with Crippen LogP contribution >= 0.6 is 0 Å². The van der Waals surface area contributed by atoms with Gasteiger partial charge in [-0.15, -0.1) is 0 Å². The summed E-state index contributed by atoms with van der Waals surface area (Å²) in [5.41, 5.74) is 2.08. The fraction of sp³-hybridized carbons (Fsp3) is 0.278. The maximum absolute atomic E-state index is 5.92. The molecule has 1 atom stereocenters. The summed E-state index contributed by atoms with van der Waals surface area (Å²) in [6.45, 7) is 5.77. The first-order valence-corrected chi connectivity index (χ1v) is 7.30. The molecule has 0 spiro atoms. The van der Waals surface area contributed by atoms with E-state index in [2.05, 4.69) is 25.7 Å². The van der Waals surface area contributed by atoms with Crippen molar-refractivity contribution in [2.45, 2.75) is 25.7 Å². The monoisotopic (exact) mass is 282 g/mol. The summed E-state index contributed by atoms with van der Waals surface area (Å²) in [6.07, 6.45) is 2.14. The zero-order chi connectivity index (χ0) is 14.5. The smallest absolute Gasteiger partial charge is 0.200 e. The van der Waals surface area contributed by atoms with Gasteiger partial charge < -0.3 is 9.62 Å². The molecule has 1 aliphatic rings. The molecule has 0 amide bonds. The van der Waals surface area contributed by atoms with Crippen molar-refractivity contribution in [1.82, 2.24) is 0 Å². The van der Waals surface area contributed by atoms with Crippen molar-refractivity contribution in [3.05, 3.63) is 66.3 Å². The van der Waals surface area contributed by atoms with E-state index >= 15 is 0 Å². The first-order chi connectivity index (χ1) is 10.4. The number of fused-ring (bicyclic) bond motifs is 1. The molecular weight excluding hydrogens is 264 g/mol. The van der Waals surface area contributed by atoms with Gasteiger partial charge in [-0.1, -0.05) is 49.7 Å². The van der Waals surface area contributed by atoms with Gasteiger partial charge in [0.25, 0.3) is 0 Å². The van der Waals surface area contributed by atoms with Crippen LogP contribution in [0.1, 0.15) is 36.8 Å². The highest BCUT2D eigenvalue weighted by molar-refractivity contribution is 5.52. The van der Waals surface area contributed by atoms with Gasteiger partial charge in [-0.25, -0.2) is 0 Å². The third-order valence-corrected chi connectivity index (χ3v) is 3.50. The highest BCUT2D eigenvalue weighted by atomic mass is 17.2. The SMILES string of the molecule is CCCCOc1cccc2c1C(c1ccccc1)[C]OO2. The van der Waals surface area contributed by atoms with Crippen LogP contribution in [-0.2, 0) is 4.89 Å². The first-order valence-electron chi connectivity index (χ1n) is 7.30. The van der Waals surface area contributed by atoms with Gasteiger partial charge in [0, 0.05) is 0 Å². The minimum atomic E-state index is -0.104. The summed E-state index contributed by atoms with van der Waals surface area (Å²) >= 11 is 0. The van der Waals surface area contributed by atoms with Crippen LogP contribution in [0.25, 0.3) is 0 Å². The van der Waals surface area contributed by atoms with Crippen molar-refractivity contribution in [2.75, 3.05) is 6.61 Å². The molecule has 2 aromatic rings. The summed E-state index contributed by atoms with van der Waals surface area (Å²) in [6, 6.07) is 15.9. The van der Waals surface area contributed by atoms with Crippen molar-refractivity contribution < 1.29 is 14.5 Å². The van der Waals surface area contributed by atoms with Gasteiger partial charge in [0.2, 0.25) is 6.61 Å². The number of rotatable bonds is 5. The molecule has 0 fully saturated rings. The lowest BCUT2D eigenvalue weighted by Gasteiger charge is -2.25. The highest BCUT2D eigenvalue weighted by Crippen LogP contribution is 2.43. The quantitative estimate of drug-likeness (QED) is 0.602. The van der Waals surface area contributed by atoms with Crippen LogP contribution in [0.2, 0.25) is 0 Å². The molecule has 3 heteroatoms. The summed E-state index contributed by atoms with van der Waals surface area (Å²) in [4.78, 5) is 10.3. The second kappa shape index (κ2) is 6.64. The molecule has 108 valence electrons. The van der Waals surface area contributed by atoms with Gasteiger partial charge in [0.05, 0.1) is 18.1 Å². The molecule has 2 radical (unpaired) electrons. The van der Waals surface area contributed by atoms with Crippen LogP contribution in [0.5, 0.6) is 11.5 Å². The minimum Gasteiger partial charge on any atom is -0.493 e. The molecule has 21 heavy (non-hydrogen) atoms. The Kier molecular flexibility index (Phi) is 4.41. The number of benzene rings is 2. The fourth-order valence-corrected chi connectivity index (χ4v) is 2.39. The summed E-state index contributed by atoms with van der Waals surface area (Å²) in [5, 5.41) is 0.